The molecule has 0 N–H and O–H groups in total. The third kappa shape index (κ3) is 5.44. The minimum Gasteiger partial charge on any atom is -0.169 e. The summed E-state index contributed by atoms with van der Waals surface area (Å²) in [5.41, 5.74) is 0.885. The lowest BCUT2D eigenvalue weighted by molar-refractivity contribution is 1.43. The number of halogens is 3. The van der Waals surface area contributed by atoms with Crippen molar-refractivity contribution in [1.29, 1.82) is 0 Å². The van der Waals surface area contributed by atoms with Gasteiger partial charge < -0.3 is 0 Å². The maximum atomic E-state index is 5.82. The van der Waals surface area contributed by atoms with Gasteiger partial charge in [-0.2, -0.15) is 11.1 Å². The Kier molecular flexibility index (Phi) is 5.95. The zero-order valence-electron chi connectivity index (χ0n) is 4.55. The van der Waals surface area contributed by atoms with Crippen LogP contribution in [0.15, 0.2) is 0 Å². The molecule has 0 spiro atoms. The average Bonchev–Trinajstić information content (AvgIpc) is 1.65. The van der Waals surface area contributed by atoms with E-state index in [1.807, 2.05) is 0 Å². The first kappa shape index (κ1) is 9.30. The van der Waals surface area contributed by atoms with E-state index in [2.05, 4.69) is 6.92 Å². The minimum absolute atomic E-state index is 0.675. The Balaban J connectivity index is 3.10. The first-order chi connectivity index (χ1) is 3.66. The predicted molar refractivity (Wildman–Crippen MR) is 44.4 cm³/mol. The SMILES string of the molecule is CC[Si](Cl)C[Si](Cl)Cl. The van der Waals surface area contributed by atoms with Gasteiger partial charge in [-0.3, -0.25) is 0 Å². The number of rotatable bonds is 3. The van der Waals surface area contributed by atoms with Crippen LogP contribution in [0.25, 0.3) is 0 Å². The van der Waals surface area contributed by atoms with Crippen molar-refractivity contribution in [3.05, 3.63) is 0 Å². The van der Waals surface area contributed by atoms with E-state index in [-0.39, 0.29) is 0 Å². The second-order valence-corrected chi connectivity index (χ2v) is 10.1. The normalized spacial score (nSPS) is 11.2. The Labute approximate surface area is 67.5 Å². The van der Waals surface area contributed by atoms with Gasteiger partial charge >= 0.3 is 0 Å². The number of hydrogen-bond acceptors (Lipinski definition) is 0. The molecule has 2 radical (unpaired) electrons. The second-order valence-electron chi connectivity index (χ2n) is 1.39. The van der Waals surface area contributed by atoms with Gasteiger partial charge in [-0.05, 0) is 11.7 Å². The molecule has 0 amide bonds. The molecule has 0 aliphatic carbocycles. The van der Waals surface area contributed by atoms with E-state index in [1.54, 1.807) is 0 Å². The molecule has 0 aliphatic heterocycles. The van der Waals surface area contributed by atoms with Gasteiger partial charge in [-0.15, -0.1) is 22.2 Å². The third-order valence-corrected chi connectivity index (χ3v) is 8.49. The number of hydrogen-bond donors (Lipinski definition) is 0. The van der Waals surface area contributed by atoms with Crippen LogP contribution in [0.1, 0.15) is 6.92 Å². The van der Waals surface area contributed by atoms with E-state index in [0.29, 0.717) is 0 Å². The summed E-state index contributed by atoms with van der Waals surface area (Å²) in [5, 5.41) is 0. The zero-order valence-corrected chi connectivity index (χ0v) is 8.82. The van der Waals surface area contributed by atoms with Gasteiger partial charge in [-0.25, -0.2) is 0 Å². The van der Waals surface area contributed by atoms with Crippen LogP contribution in [0.2, 0.25) is 11.7 Å². The molecule has 5 heteroatoms. The highest BCUT2D eigenvalue weighted by Gasteiger charge is 2.12. The molecule has 0 unspecified atom stereocenters. The van der Waals surface area contributed by atoms with Crippen LogP contribution in [0.4, 0.5) is 0 Å². The lowest BCUT2D eigenvalue weighted by Gasteiger charge is -1.99. The summed E-state index contributed by atoms with van der Waals surface area (Å²) in [6, 6.07) is 1.06. The smallest absolute Gasteiger partial charge is 0.169 e. The van der Waals surface area contributed by atoms with E-state index in [1.165, 1.54) is 0 Å². The first-order valence-corrected chi connectivity index (χ1v) is 8.99. The maximum Gasteiger partial charge on any atom is 0.272 e. The minimum atomic E-state index is -1.09. The van der Waals surface area contributed by atoms with Crippen LogP contribution >= 0.6 is 33.2 Å². The Morgan fingerprint density at radius 1 is 1.25 bits per heavy atom. The van der Waals surface area contributed by atoms with E-state index in [0.717, 1.165) is 11.7 Å². The van der Waals surface area contributed by atoms with Gasteiger partial charge in [0, 0.05) is 0 Å². The molecule has 48 valence electrons. The van der Waals surface area contributed by atoms with Crippen molar-refractivity contribution >= 4 is 48.8 Å². The fourth-order valence-electron chi connectivity index (χ4n) is 0.270. The molecule has 0 aromatic rings. The maximum absolute atomic E-state index is 5.82. The standard InChI is InChI=1S/C3H7Cl3Si2/c1-2-7(4)3-8(5)6/h2-3H2,1H3. The van der Waals surface area contributed by atoms with Gasteiger partial charge in [0.15, 0.2) is 8.11 Å². The summed E-state index contributed by atoms with van der Waals surface area (Å²) in [7, 11) is -1.76. The van der Waals surface area contributed by atoms with Crippen LogP contribution in [-0.2, 0) is 0 Å². The molecule has 0 heterocycles. The predicted octanol–water partition coefficient (Wildman–Crippen LogP) is 2.74. The highest BCUT2D eigenvalue weighted by Crippen LogP contribution is 2.11. The van der Waals surface area contributed by atoms with Crippen LogP contribution in [0.3, 0.4) is 0 Å². The monoisotopic (exact) mass is 204 g/mol. The summed E-state index contributed by atoms with van der Waals surface area (Å²) >= 11 is 16.9. The topological polar surface area (TPSA) is 0 Å². The molecule has 0 bridgehead atoms. The Morgan fingerprint density at radius 3 is 1.88 bits per heavy atom. The first-order valence-electron chi connectivity index (χ1n) is 2.33. The molecular formula is C3H7Cl3Si2. The molecule has 0 rings (SSSR count). The van der Waals surface area contributed by atoms with Crippen molar-refractivity contribution in [3.63, 3.8) is 0 Å². The largest absolute Gasteiger partial charge is 0.272 e. The highest BCUT2D eigenvalue weighted by atomic mass is 35.7. The van der Waals surface area contributed by atoms with E-state index >= 15 is 0 Å². The quantitative estimate of drug-likeness (QED) is 0.491. The second kappa shape index (κ2) is 5.12. The summed E-state index contributed by atoms with van der Waals surface area (Å²) in [5.74, 6) is 0. The Morgan fingerprint density at radius 2 is 1.75 bits per heavy atom. The van der Waals surface area contributed by atoms with Crippen molar-refractivity contribution in [2.75, 3.05) is 0 Å². The van der Waals surface area contributed by atoms with Crippen molar-refractivity contribution in [3.8, 4) is 0 Å². The van der Waals surface area contributed by atoms with Crippen molar-refractivity contribution in [2.45, 2.75) is 18.6 Å². The fraction of sp³-hybridized carbons (Fsp3) is 1.00. The van der Waals surface area contributed by atoms with Gasteiger partial charge in [0.2, 0.25) is 0 Å². The summed E-state index contributed by atoms with van der Waals surface area (Å²) in [6.45, 7) is 2.07. The van der Waals surface area contributed by atoms with Gasteiger partial charge in [0.1, 0.15) is 0 Å². The fourth-order valence-corrected chi connectivity index (χ4v) is 7.77. The molecule has 0 aromatic heterocycles. The molecule has 0 atom stereocenters. The van der Waals surface area contributed by atoms with E-state index in [9.17, 15) is 0 Å². The summed E-state index contributed by atoms with van der Waals surface area (Å²) in [6.07, 6.45) is 0. The van der Waals surface area contributed by atoms with Crippen LogP contribution in [0, 0.1) is 0 Å². The van der Waals surface area contributed by atoms with Crippen LogP contribution < -0.4 is 0 Å². The molecule has 0 aliphatic rings. The molecule has 0 aromatic carbocycles. The zero-order chi connectivity index (χ0) is 6.57. The van der Waals surface area contributed by atoms with Crippen LogP contribution in [-0.4, -0.2) is 15.5 Å². The van der Waals surface area contributed by atoms with E-state index in [4.69, 9.17) is 33.2 Å². The highest BCUT2D eigenvalue weighted by molar-refractivity contribution is 7.37. The molecule has 0 saturated carbocycles. The lowest BCUT2D eigenvalue weighted by atomic mass is 11.0. The van der Waals surface area contributed by atoms with Gasteiger partial charge in [-0.1, -0.05) is 6.92 Å². The summed E-state index contributed by atoms with van der Waals surface area (Å²) < 4.78 is 0. The molecule has 0 saturated heterocycles. The third-order valence-electron chi connectivity index (χ3n) is 0.709. The van der Waals surface area contributed by atoms with Crippen molar-refractivity contribution in [1.82, 2.24) is 0 Å². The van der Waals surface area contributed by atoms with Gasteiger partial charge in [0.05, 0.1) is 0 Å². The summed E-state index contributed by atoms with van der Waals surface area (Å²) in [4.78, 5) is 0. The van der Waals surface area contributed by atoms with E-state index < -0.39 is 15.5 Å². The van der Waals surface area contributed by atoms with Crippen LogP contribution in [0.5, 0.6) is 0 Å². The molecule has 0 nitrogen and oxygen atoms in total. The lowest BCUT2D eigenvalue weighted by Crippen LogP contribution is -2.08. The Hall–Kier alpha value is 1.30. The van der Waals surface area contributed by atoms with Crippen molar-refractivity contribution in [2.24, 2.45) is 0 Å². The molecule has 8 heavy (non-hydrogen) atoms. The Bertz CT molecular complexity index is 58.5. The van der Waals surface area contributed by atoms with Crippen molar-refractivity contribution < 1.29 is 0 Å². The average molecular weight is 206 g/mol. The molecule has 0 fully saturated rings. The van der Waals surface area contributed by atoms with Gasteiger partial charge in [0.25, 0.3) is 7.42 Å². The molecular weight excluding hydrogens is 199 g/mol.